The SMILES string of the molecule is CCCN(CC1CCNCC1)CC1COC2(CCCC2)O1. The van der Waals surface area contributed by atoms with Crippen LogP contribution in [0.2, 0.25) is 0 Å². The van der Waals surface area contributed by atoms with E-state index >= 15 is 0 Å². The second-order valence-corrected chi connectivity index (χ2v) is 7.12. The summed E-state index contributed by atoms with van der Waals surface area (Å²) in [6.07, 6.45) is 8.90. The molecule has 0 amide bonds. The zero-order valence-corrected chi connectivity index (χ0v) is 13.6. The minimum Gasteiger partial charge on any atom is -0.347 e. The second kappa shape index (κ2) is 7.40. The van der Waals surface area contributed by atoms with E-state index in [1.54, 1.807) is 0 Å². The first-order valence-electron chi connectivity index (χ1n) is 9.04. The van der Waals surface area contributed by atoms with Gasteiger partial charge in [-0.05, 0) is 57.7 Å². The van der Waals surface area contributed by atoms with Gasteiger partial charge in [-0.25, -0.2) is 0 Å². The Morgan fingerprint density at radius 1 is 1.14 bits per heavy atom. The molecule has 0 aromatic rings. The molecule has 3 rings (SSSR count). The number of hydrogen-bond acceptors (Lipinski definition) is 4. The molecule has 21 heavy (non-hydrogen) atoms. The van der Waals surface area contributed by atoms with Crippen molar-refractivity contribution in [2.75, 3.05) is 39.3 Å². The fourth-order valence-corrected chi connectivity index (χ4v) is 4.17. The average Bonchev–Trinajstić information content (AvgIpc) is 3.11. The van der Waals surface area contributed by atoms with Gasteiger partial charge in [-0.2, -0.15) is 0 Å². The van der Waals surface area contributed by atoms with Crippen LogP contribution in [0.4, 0.5) is 0 Å². The van der Waals surface area contributed by atoms with E-state index in [1.165, 1.54) is 58.3 Å². The van der Waals surface area contributed by atoms with Gasteiger partial charge in [0.2, 0.25) is 0 Å². The van der Waals surface area contributed by atoms with Crippen molar-refractivity contribution in [3.05, 3.63) is 0 Å². The molecule has 4 heteroatoms. The second-order valence-electron chi connectivity index (χ2n) is 7.12. The molecule has 1 spiro atoms. The maximum Gasteiger partial charge on any atom is 0.168 e. The summed E-state index contributed by atoms with van der Waals surface area (Å²) in [4.78, 5) is 2.62. The molecule has 122 valence electrons. The van der Waals surface area contributed by atoms with Crippen LogP contribution in [-0.4, -0.2) is 56.1 Å². The Kier molecular flexibility index (Phi) is 5.54. The highest BCUT2D eigenvalue weighted by Gasteiger charge is 2.43. The summed E-state index contributed by atoms with van der Waals surface area (Å²) in [5.74, 6) is 0.665. The third-order valence-corrected chi connectivity index (χ3v) is 5.26. The zero-order chi connectivity index (χ0) is 14.5. The highest BCUT2D eigenvalue weighted by atomic mass is 16.7. The number of hydrogen-bond donors (Lipinski definition) is 1. The summed E-state index contributed by atoms with van der Waals surface area (Å²) in [5.41, 5.74) is 0. The van der Waals surface area contributed by atoms with E-state index in [0.29, 0.717) is 0 Å². The molecule has 1 saturated carbocycles. The molecule has 2 aliphatic heterocycles. The number of rotatable bonds is 6. The standard InChI is InChI=1S/C17H32N2O2/c1-2-11-19(12-15-5-9-18-10-6-15)13-16-14-20-17(21-16)7-3-4-8-17/h15-16,18H,2-14H2,1H3. The maximum atomic E-state index is 6.30. The summed E-state index contributed by atoms with van der Waals surface area (Å²) >= 11 is 0. The van der Waals surface area contributed by atoms with Gasteiger partial charge in [0, 0.05) is 25.9 Å². The monoisotopic (exact) mass is 296 g/mol. The molecule has 4 nitrogen and oxygen atoms in total. The first-order valence-corrected chi connectivity index (χ1v) is 9.04. The molecular formula is C17H32N2O2. The molecule has 2 heterocycles. The summed E-state index contributed by atoms with van der Waals surface area (Å²) < 4.78 is 12.3. The molecule has 0 aromatic heterocycles. The third-order valence-electron chi connectivity index (χ3n) is 5.26. The number of ether oxygens (including phenoxy) is 2. The van der Waals surface area contributed by atoms with Gasteiger partial charge in [0.05, 0.1) is 12.7 Å². The van der Waals surface area contributed by atoms with E-state index in [2.05, 4.69) is 17.1 Å². The summed E-state index contributed by atoms with van der Waals surface area (Å²) in [7, 11) is 0. The largest absolute Gasteiger partial charge is 0.347 e. The van der Waals surface area contributed by atoms with Gasteiger partial charge < -0.3 is 19.7 Å². The molecule has 0 radical (unpaired) electrons. The fourth-order valence-electron chi connectivity index (χ4n) is 4.17. The lowest BCUT2D eigenvalue weighted by Crippen LogP contribution is -2.41. The first kappa shape index (κ1) is 15.7. The Hall–Kier alpha value is -0.160. The van der Waals surface area contributed by atoms with Crippen LogP contribution in [0.15, 0.2) is 0 Å². The van der Waals surface area contributed by atoms with Crippen LogP contribution >= 0.6 is 0 Å². The highest BCUT2D eigenvalue weighted by molar-refractivity contribution is 4.85. The van der Waals surface area contributed by atoms with Gasteiger partial charge in [-0.15, -0.1) is 0 Å². The molecule has 1 N–H and O–H groups in total. The van der Waals surface area contributed by atoms with E-state index in [0.717, 1.165) is 31.9 Å². The van der Waals surface area contributed by atoms with Crippen LogP contribution in [0.25, 0.3) is 0 Å². The molecular weight excluding hydrogens is 264 g/mol. The maximum absolute atomic E-state index is 6.30. The molecule has 3 aliphatic rings. The number of nitrogens with one attached hydrogen (secondary N) is 1. The zero-order valence-electron chi connectivity index (χ0n) is 13.6. The van der Waals surface area contributed by atoms with E-state index in [9.17, 15) is 0 Å². The van der Waals surface area contributed by atoms with Crippen molar-refractivity contribution in [1.29, 1.82) is 0 Å². The van der Waals surface area contributed by atoms with Gasteiger partial charge in [0.25, 0.3) is 0 Å². The van der Waals surface area contributed by atoms with Crippen LogP contribution < -0.4 is 5.32 Å². The Bertz CT molecular complexity index is 312. The minimum absolute atomic E-state index is 0.197. The van der Waals surface area contributed by atoms with Crippen LogP contribution in [0.3, 0.4) is 0 Å². The molecule has 3 fully saturated rings. The smallest absolute Gasteiger partial charge is 0.168 e. The number of piperidine rings is 1. The van der Waals surface area contributed by atoms with Gasteiger partial charge in [-0.1, -0.05) is 6.92 Å². The quantitative estimate of drug-likeness (QED) is 0.816. The Morgan fingerprint density at radius 3 is 2.62 bits per heavy atom. The van der Waals surface area contributed by atoms with Crippen LogP contribution in [0, 0.1) is 5.92 Å². The Labute approximate surface area is 129 Å². The Morgan fingerprint density at radius 2 is 1.90 bits per heavy atom. The molecule has 1 aliphatic carbocycles. The van der Waals surface area contributed by atoms with Crippen molar-refractivity contribution in [3.8, 4) is 0 Å². The lowest BCUT2D eigenvalue weighted by molar-refractivity contribution is -0.163. The van der Waals surface area contributed by atoms with E-state index in [4.69, 9.17) is 9.47 Å². The minimum atomic E-state index is -0.197. The van der Waals surface area contributed by atoms with Crippen molar-refractivity contribution in [1.82, 2.24) is 10.2 Å². The van der Waals surface area contributed by atoms with E-state index < -0.39 is 0 Å². The summed E-state index contributed by atoms with van der Waals surface area (Å²) in [6.45, 7) is 8.94. The summed E-state index contributed by atoms with van der Waals surface area (Å²) in [5, 5.41) is 3.46. The van der Waals surface area contributed by atoms with E-state index in [1.807, 2.05) is 0 Å². The van der Waals surface area contributed by atoms with Crippen molar-refractivity contribution in [2.45, 2.75) is 63.8 Å². The van der Waals surface area contributed by atoms with Crippen LogP contribution in [-0.2, 0) is 9.47 Å². The summed E-state index contributed by atoms with van der Waals surface area (Å²) in [6, 6.07) is 0. The normalized spacial score (nSPS) is 29.7. The van der Waals surface area contributed by atoms with Gasteiger partial charge in [0.15, 0.2) is 5.79 Å². The van der Waals surface area contributed by atoms with Crippen molar-refractivity contribution < 1.29 is 9.47 Å². The molecule has 1 unspecified atom stereocenters. The predicted octanol–water partition coefficient (Wildman–Crippen LogP) is 2.38. The van der Waals surface area contributed by atoms with Crippen molar-refractivity contribution in [2.24, 2.45) is 5.92 Å². The lowest BCUT2D eigenvalue weighted by atomic mass is 9.97. The average molecular weight is 296 g/mol. The topological polar surface area (TPSA) is 33.7 Å². The molecule has 0 aromatic carbocycles. The lowest BCUT2D eigenvalue weighted by Gasteiger charge is -2.31. The van der Waals surface area contributed by atoms with Gasteiger partial charge in [0.1, 0.15) is 0 Å². The molecule has 1 atom stereocenters. The van der Waals surface area contributed by atoms with Gasteiger partial charge >= 0.3 is 0 Å². The number of nitrogens with zero attached hydrogens (tertiary/aromatic N) is 1. The Balaban J connectivity index is 1.48. The fraction of sp³-hybridized carbons (Fsp3) is 1.00. The molecule has 2 saturated heterocycles. The van der Waals surface area contributed by atoms with E-state index in [-0.39, 0.29) is 11.9 Å². The first-order chi connectivity index (χ1) is 10.3. The molecule has 0 bridgehead atoms. The highest BCUT2D eigenvalue weighted by Crippen LogP contribution is 2.39. The predicted molar refractivity (Wildman–Crippen MR) is 84.3 cm³/mol. The van der Waals surface area contributed by atoms with Crippen LogP contribution in [0.1, 0.15) is 51.9 Å². The van der Waals surface area contributed by atoms with Crippen molar-refractivity contribution in [3.63, 3.8) is 0 Å². The van der Waals surface area contributed by atoms with Gasteiger partial charge in [-0.3, -0.25) is 0 Å². The van der Waals surface area contributed by atoms with Crippen molar-refractivity contribution >= 4 is 0 Å². The van der Waals surface area contributed by atoms with Crippen LogP contribution in [0.5, 0.6) is 0 Å². The third kappa shape index (κ3) is 4.19.